The summed E-state index contributed by atoms with van der Waals surface area (Å²) < 4.78 is 24.5. The molecule has 1 atom stereocenters. The minimum atomic E-state index is -3.31. The van der Waals surface area contributed by atoms with E-state index >= 15 is 0 Å². The highest BCUT2D eigenvalue weighted by atomic mass is 32.2. The molecule has 1 aliphatic rings. The average molecular weight is 202 g/mol. The first-order valence-corrected chi connectivity index (χ1v) is 6.05. The van der Waals surface area contributed by atoms with E-state index in [0.717, 1.165) is 19.3 Å². The molecular formula is C8H14N2O2S. The summed E-state index contributed by atoms with van der Waals surface area (Å²) in [5.41, 5.74) is 0. The van der Waals surface area contributed by atoms with Gasteiger partial charge in [-0.3, -0.25) is 0 Å². The Balaban J connectivity index is 2.75. The van der Waals surface area contributed by atoms with Crippen molar-refractivity contribution in [3.8, 4) is 6.07 Å². The van der Waals surface area contributed by atoms with Crippen LogP contribution in [0.25, 0.3) is 0 Å². The molecule has 0 N–H and O–H groups in total. The molecule has 1 rings (SSSR count). The molecule has 5 heteroatoms. The van der Waals surface area contributed by atoms with Crippen molar-refractivity contribution in [1.29, 1.82) is 5.26 Å². The Morgan fingerprint density at radius 2 is 2.23 bits per heavy atom. The maximum Gasteiger partial charge on any atom is 0.227 e. The molecule has 0 amide bonds. The first-order chi connectivity index (χ1) is 6.08. The molecule has 1 fully saturated rings. The summed E-state index contributed by atoms with van der Waals surface area (Å²) in [5.74, 6) is -0.392. The zero-order valence-electron chi connectivity index (χ0n) is 7.73. The summed E-state index contributed by atoms with van der Waals surface area (Å²) in [6.07, 6.45) is 2.90. The molecular weight excluding hydrogens is 188 g/mol. The Morgan fingerprint density at radius 1 is 1.54 bits per heavy atom. The Hall–Kier alpha value is -0.600. The summed E-state index contributed by atoms with van der Waals surface area (Å²) in [6.45, 7) is 2.47. The molecule has 0 radical (unpaired) electrons. The highest BCUT2D eigenvalue weighted by Crippen LogP contribution is 2.19. The smallest absolute Gasteiger partial charge is 0.211 e. The van der Waals surface area contributed by atoms with Gasteiger partial charge < -0.3 is 0 Å². The lowest BCUT2D eigenvalue weighted by Crippen LogP contribution is -2.42. The molecule has 0 saturated carbocycles. The van der Waals surface area contributed by atoms with Crippen LogP contribution < -0.4 is 0 Å². The fourth-order valence-electron chi connectivity index (χ4n) is 1.65. The van der Waals surface area contributed by atoms with E-state index in [1.165, 1.54) is 4.31 Å². The van der Waals surface area contributed by atoms with Crippen LogP contribution in [-0.2, 0) is 10.0 Å². The van der Waals surface area contributed by atoms with E-state index in [0.29, 0.717) is 6.54 Å². The third kappa shape index (κ3) is 2.42. The van der Waals surface area contributed by atoms with Crippen molar-refractivity contribution >= 4 is 10.0 Å². The summed E-state index contributed by atoms with van der Waals surface area (Å²) in [5, 5.41) is 8.36. The third-order valence-corrected chi connectivity index (χ3v) is 4.10. The number of nitriles is 1. The third-order valence-electron chi connectivity index (χ3n) is 2.35. The minimum absolute atomic E-state index is 0.0621. The quantitative estimate of drug-likeness (QED) is 0.662. The van der Waals surface area contributed by atoms with E-state index in [1.807, 2.05) is 6.92 Å². The molecule has 0 aromatic carbocycles. The van der Waals surface area contributed by atoms with E-state index in [1.54, 1.807) is 6.07 Å². The van der Waals surface area contributed by atoms with Crippen LogP contribution >= 0.6 is 0 Å². The maximum absolute atomic E-state index is 11.5. The Labute approximate surface area is 79.2 Å². The molecule has 1 heterocycles. The van der Waals surface area contributed by atoms with Gasteiger partial charge in [0.25, 0.3) is 0 Å². The lowest BCUT2D eigenvalue weighted by molar-refractivity contribution is 0.269. The van der Waals surface area contributed by atoms with Crippen LogP contribution in [0.15, 0.2) is 0 Å². The monoisotopic (exact) mass is 202 g/mol. The van der Waals surface area contributed by atoms with Crippen molar-refractivity contribution in [2.45, 2.75) is 32.2 Å². The SMILES string of the molecule is CC1CCCCN1S(=O)(=O)CC#N. The Bertz CT molecular complexity index is 305. The summed E-state index contributed by atoms with van der Waals surface area (Å²) in [6, 6.07) is 1.76. The van der Waals surface area contributed by atoms with Gasteiger partial charge in [0.2, 0.25) is 10.0 Å². The topological polar surface area (TPSA) is 61.2 Å². The number of sulfonamides is 1. The van der Waals surface area contributed by atoms with Gasteiger partial charge in [0.1, 0.15) is 0 Å². The number of piperidine rings is 1. The van der Waals surface area contributed by atoms with Gasteiger partial charge in [-0.25, -0.2) is 8.42 Å². The summed E-state index contributed by atoms with van der Waals surface area (Å²) in [4.78, 5) is 0. The molecule has 4 nitrogen and oxygen atoms in total. The normalized spacial score (nSPS) is 25.4. The van der Waals surface area contributed by atoms with Gasteiger partial charge in [-0.15, -0.1) is 0 Å². The van der Waals surface area contributed by atoms with Crippen LogP contribution in [-0.4, -0.2) is 31.1 Å². The molecule has 13 heavy (non-hydrogen) atoms. The van der Waals surface area contributed by atoms with E-state index in [9.17, 15) is 8.42 Å². The number of hydrogen-bond donors (Lipinski definition) is 0. The zero-order valence-corrected chi connectivity index (χ0v) is 8.55. The van der Waals surface area contributed by atoms with Crippen molar-refractivity contribution in [2.75, 3.05) is 12.3 Å². The minimum Gasteiger partial charge on any atom is -0.211 e. The number of rotatable bonds is 2. The molecule has 0 aliphatic carbocycles. The standard InChI is InChI=1S/C8H14N2O2S/c1-8-4-2-3-6-10(8)13(11,12)7-5-9/h8H,2-4,6-7H2,1H3. The fraction of sp³-hybridized carbons (Fsp3) is 0.875. The molecule has 0 spiro atoms. The second-order valence-corrected chi connectivity index (χ2v) is 5.29. The predicted octanol–water partition coefficient (Wildman–Crippen LogP) is 0.714. The maximum atomic E-state index is 11.5. The zero-order chi connectivity index (χ0) is 9.90. The lowest BCUT2D eigenvalue weighted by Gasteiger charge is -2.31. The summed E-state index contributed by atoms with van der Waals surface area (Å²) in [7, 11) is -3.31. The molecule has 0 aromatic heterocycles. The second kappa shape index (κ2) is 4.07. The van der Waals surface area contributed by atoms with Crippen molar-refractivity contribution in [2.24, 2.45) is 0 Å². The Kier molecular flexibility index (Phi) is 3.28. The van der Waals surface area contributed by atoms with E-state index in [4.69, 9.17) is 5.26 Å². The van der Waals surface area contributed by atoms with Crippen molar-refractivity contribution < 1.29 is 8.42 Å². The van der Waals surface area contributed by atoms with Crippen LogP contribution in [0.3, 0.4) is 0 Å². The van der Waals surface area contributed by atoms with Crippen molar-refractivity contribution in [1.82, 2.24) is 4.31 Å². The molecule has 0 aromatic rings. The molecule has 0 bridgehead atoms. The Morgan fingerprint density at radius 3 is 2.77 bits per heavy atom. The highest BCUT2D eigenvalue weighted by molar-refractivity contribution is 7.89. The van der Waals surface area contributed by atoms with Crippen molar-refractivity contribution in [3.05, 3.63) is 0 Å². The van der Waals surface area contributed by atoms with Gasteiger partial charge in [0, 0.05) is 12.6 Å². The average Bonchev–Trinajstić information content (AvgIpc) is 2.04. The molecule has 1 saturated heterocycles. The number of hydrogen-bond acceptors (Lipinski definition) is 3. The van der Waals surface area contributed by atoms with Gasteiger partial charge in [0.15, 0.2) is 5.75 Å². The predicted molar refractivity (Wildman–Crippen MR) is 49.4 cm³/mol. The first-order valence-electron chi connectivity index (χ1n) is 4.44. The highest BCUT2D eigenvalue weighted by Gasteiger charge is 2.28. The van der Waals surface area contributed by atoms with Gasteiger partial charge in [-0.1, -0.05) is 6.42 Å². The van der Waals surface area contributed by atoms with Crippen molar-refractivity contribution in [3.63, 3.8) is 0 Å². The van der Waals surface area contributed by atoms with Gasteiger partial charge in [0.05, 0.1) is 6.07 Å². The van der Waals surface area contributed by atoms with Gasteiger partial charge in [-0.05, 0) is 19.8 Å². The first kappa shape index (κ1) is 10.5. The largest absolute Gasteiger partial charge is 0.227 e. The number of nitrogens with zero attached hydrogens (tertiary/aromatic N) is 2. The fourth-order valence-corrected chi connectivity index (χ4v) is 3.04. The lowest BCUT2D eigenvalue weighted by atomic mass is 10.1. The van der Waals surface area contributed by atoms with Crippen LogP contribution in [0.2, 0.25) is 0 Å². The van der Waals surface area contributed by atoms with Gasteiger partial charge in [-0.2, -0.15) is 9.57 Å². The van der Waals surface area contributed by atoms with Gasteiger partial charge >= 0.3 is 0 Å². The van der Waals surface area contributed by atoms with Crippen LogP contribution in [0.4, 0.5) is 0 Å². The molecule has 1 aliphatic heterocycles. The van der Waals surface area contributed by atoms with Crippen LogP contribution in [0, 0.1) is 11.3 Å². The van der Waals surface area contributed by atoms with E-state index in [2.05, 4.69) is 0 Å². The van der Waals surface area contributed by atoms with E-state index in [-0.39, 0.29) is 6.04 Å². The summed E-state index contributed by atoms with van der Waals surface area (Å²) >= 11 is 0. The van der Waals surface area contributed by atoms with E-state index < -0.39 is 15.8 Å². The molecule has 1 unspecified atom stereocenters. The van der Waals surface area contributed by atoms with Crippen LogP contribution in [0.1, 0.15) is 26.2 Å². The molecule has 74 valence electrons. The second-order valence-electron chi connectivity index (χ2n) is 3.37. The van der Waals surface area contributed by atoms with Crippen LogP contribution in [0.5, 0.6) is 0 Å².